The summed E-state index contributed by atoms with van der Waals surface area (Å²) in [7, 11) is 0. The predicted molar refractivity (Wildman–Crippen MR) is 186 cm³/mol. The van der Waals surface area contributed by atoms with Gasteiger partial charge in [-0.1, -0.05) is 92.7 Å². The van der Waals surface area contributed by atoms with E-state index in [1.165, 1.54) is 5.56 Å². The molecule has 240 valence electrons. The van der Waals surface area contributed by atoms with Crippen LogP contribution in [-0.2, 0) is 21.7 Å². The summed E-state index contributed by atoms with van der Waals surface area (Å²) in [4.78, 5) is 37.6. The summed E-state index contributed by atoms with van der Waals surface area (Å²) in [5.41, 5.74) is 3.52. The Labute approximate surface area is 276 Å². The summed E-state index contributed by atoms with van der Waals surface area (Å²) in [6.45, 7) is 9.40. The van der Waals surface area contributed by atoms with Crippen molar-refractivity contribution in [3.63, 3.8) is 0 Å². The van der Waals surface area contributed by atoms with Gasteiger partial charge in [0.1, 0.15) is 5.75 Å². The molecule has 1 aromatic heterocycles. The van der Waals surface area contributed by atoms with E-state index in [0.29, 0.717) is 45.6 Å². The Balaban J connectivity index is 1.19. The van der Waals surface area contributed by atoms with E-state index >= 15 is 0 Å². The molecule has 7 heteroatoms. The van der Waals surface area contributed by atoms with Gasteiger partial charge in [-0.15, -0.1) is 0 Å². The molecule has 7 nitrogen and oxygen atoms in total. The largest absolute Gasteiger partial charge is 0.483 e. The summed E-state index contributed by atoms with van der Waals surface area (Å²) in [5, 5.41) is 0. The van der Waals surface area contributed by atoms with Crippen LogP contribution in [0.5, 0.6) is 5.75 Å². The molecular formula is C40H42N4O3. The lowest BCUT2D eigenvalue weighted by molar-refractivity contribution is -0.153. The van der Waals surface area contributed by atoms with Gasteiger partial charge in [-0.2, -0.15) is 0 Å². The van der Waals surface area contributed by atoms with E-state index < -0.39 is 5.54 Å². The normalized spacial score (nSPS) is 18.7. The average molecular weight is 627 g/mol. The lowest BCUT2D eigenvalue weighted by Gasteiger charge is -2.50. The van der Waals surface area contributed by atoms with E-state index in [1.807, 2.05) is 87.5 Å². The summed E-state index contributed by atoms with van der Waals surface area (Å²) in [6.07, 6.45) is 0.528. The molecular weight excluding hydrogens is 584 g/mol. The number of hydrogen-bond donors (Lipinski definition) is 0. The maximum absolute atomic E-state index is 14.0. The number of carbonyl (C=O) groups excluding carboxylic acids is 2. The molecule has 4 aromatic carbocycles. The standard InChI is InChI=1S/C40H42N4O3/c1-29(47-33-17-11-6-12-18-33)38-41-34-20-19-32(25-35(34)44(38)28-30-13-7-4-8-14-30)42-21-23-43(24-22-42)40(31-15-9-5-10-16-31)36(45)26-39(2,3)27-37(40)46/h4-20,25,29H,21-24,26-28H2,1-3H3. The molecule has 0 N–H and O–H groups in total. The second-order valence-electron chi connectivity index (χ2n) is 13.7. The van der Waals surface area contributed by atoms with Crippen LogP contribution in [-0.4, -0.2) is 52.2 Å². The first-order valence-electron chi connectivity index (χ1n) is 16.6. The van der Waals surface area contributed by atoms with Gasteiger partial charge in [0.15, 0.2) is 29.0 Å². The fraction of sp³-hybridized carbons (Fsp3) is 0.325. The molecule has 7 rings (SSSR count). The van der Waals surface area contributed by atoms with Crippen LogP contribution >= 0.6 is 0 Å². The average Bonchev–Trinajstić information content (AvgIpc) is 3.43. The molecule has 1 atom stereocenters. The van der Waals surface area contributed by atoms with E-state index in [2.05, 4.69) is 56.8 Å². The van der Waals surface area contributed by atoms with E-state index in [4.69, 9.17) is 9.72 Å². The number of para-hydroxylation sites is 1. The van der Waals surface area contributed by atoms with Gasteiger partial charge >= 0.3 is 0 Å². The number of piperazine rings is 1. The lowest BCUT2D eigenvalue weighted by atomic mass is 9.64. The number of Topliss-reactive ketones (excluding diaryl/α,β-unsaturated/α-hetero) is 2. The van der Waals surface area contributed by atoms with E-state index in [1.54, 1.807) is 0 Å². The zero-order chi connectivity index (χ0) is 32.6. The number of carbonyl (C=O) groups is 2. The zero-order valence-corrected chi connectivity index (χ0v) is 27.4. The van der Waals surface area contributed by atoms with Gasteiger partial charge in [0.2, 0.25) is 0 Å². The second-order valence-corrected chi connectivity index (χ2v) is 13.7. The van der Waals surface area contributed by atoms with Crippen molar-refractivity contribution in [3.8, 4) is 5.75 Å². The molecule has 47 heavy (non-hydrogen) atoms. The van der Waals surface area contributed by atoms with Crippen molar-refractivity contribution >= 4 is 28.3 Å². The number of fused-ring (bicyclic) bond motifs is 1. The Morgan fingerprint density at radius 3 is 2.00 bits per heavy atom. The molecule has 0 spiro atoms. The Kier molecular flexibility index (Phi) is 8.18. The summed E-state index contributed by atoms with van der Waals surface area (Å²) in [5.74, 6) is 1.72. The van der Waals surface area contributed by atoms with Crippen LogP contribution in [0.1, 0.15) is 56.7 Å². The molecule has 0 bridgehead atoms. The molecule has 1 unspecified atom stereocenters. The van der Waals surface area contributed by atoms with Crippen LogP contribution in [0, 0.1) is 5.41 Å². The number of benzene rings is 4. The number of imidazole rings is 1. The topological polar surface area (TPSA) is 67.7 Å². The lowest BCUT2D eigenvalue weighted by Crippen LogP contribution is -2.65. The molecule has 0 amide bonds. The minimum Gasteiger partial charge on any atom is -0.483 e. The van der Waals surface area contributed by atoms with Crippen LogP contribution in [0.25, 0.3) is 11.0 Å². The summed E-state index contributed by atoms with van der Waals surface area (Å²) in [6, 6.07) is 36.5. The molecule has 2 heterocycles. The van der Waals surface area contributed by atoms with Gasteiger partial charge in [-0.25, -0.2) is 4.98 Å². The second kappa shape index (κ2) is 12.5. The van der Waals surface area contributed by atoms with Crippen LogP contribution in [0.4, 0.5) is 5.69 Å². The third kappa shape index (κ3) is 5.85. The van der Waals surface area contributed by atoms with Crippen LogP contribution in [0.3, 0.4) is 0 Å². The Morgan fingerprint density at radius 2 is 1.36 bits per heavy atom. The van der Waals surface area contributed by atoms with E-state index in [9.17, 15) is 9.59 Å². The minimum atomic E-state index is -1.22. The van der Waals surface area contributed by atoms with Crippen molar-refractivity contribution in [3.05, 3.63) is 126 Å². The quantitative estimate of drug-likeness (QED) is 0.170. The third-order valence-electron chi connectivity index (χ3n) is 9.76. The smallest absolute Gasteiger partial charge is 0.165 e. The zero-order valence-electron chi connectivity index (χ0n) is 27.4. The Morgan fingerprint density at radius 1 is 0.766 bits per heavy atom. The molecule has 1 aliphatic heterocycles. The van der Waals surface area contributed by atoms with Crippen molar-refractivity contribution in [1.29, 1.82) is 0 Å². The van der Waals surface area contributed by atoms with Gasteiger partial charge in [0, 0.05) is 51.3 Å². The Bertz CT molecular complexity index is 1860. The van der Waals surface area contributed by atoms with E-state index in [-0.39, 0.29) is 23.1 Å². The van der Waals surface area contributed by atoms with Gasteiger partial charge in [-0.3, -0.25) is 14.5 Å². The molecule has 2 aliphatic rings. The minimum absolute atomic E-state index is 0.0176. The molecule has 0 radical (unpaired) electrons. The number of ether oxygens (including phenoxy) is 1. The molecule has 1 saturated heterocycles. The van der Waals surface area contributed by atoms with Crippen molar-refractivity contribution in [2.45, 2.75) is 51.8 Å². The number of nitrogens with zero attached hydrogens (tertiary/aromatic N) is 4. The van der Waals surface area contributed by atoms with Crippen LogP contribution < -0.4 is 9.64 Å². The number of aromatic nitrogens is 2. The van der Waals surface area contributed by atoms with Crippen LogP contribution in [0.2, 0.25) is 0 Å². The maximum Gasteiger partial charge on any atom is 0.165 e. The number of rotatable bonds is 8. The Hall–Kier alpha value is -4.75. The van der Waals surface area contributed by atoms with Gasteiger partial charge in [0.25, 0.3) is 0 Å². The fourth-order valence-electron chi connectivity index (χ4n) is 7.50. The SMILES string of the molecule is CC(Oc1ccccc1)c1nc2ccc(N3CCN(C4(c5ccccc5)C(=O)CC(C)(C)CC4=O)CC3)cc2n1Cc1ccccc1. The highest BCUT2D eigenvalue weighted by atomic mass is 16.5. The highest BCUT2D eigenvalue weighted by Gasteiger charge is 2.56. The fourth-order valence-corrected chi connectivity index (χ4v) is 7.50. The molecule has 1 aliphatic carbocycles. The first-order chi connectivity index (χ1) is 22.7. The van der Waals surface area contributed by atoms with Gasteiger partial charge < -0.3 is 14.2 Å². The van der Waals surface area contributed by atoms with Gasteiger partial charge in [0.05, 0.1) is 11.0 Å². The predicted octanol–water partition coefficient (Wildman–Crippen LogP) is 7.20. The van der Waals surface area contributed by atoms with Crippen molar-refractivity contribution in [2.75, 3.05) is 31.1 Å². The third-order valence-corrected chi connectivity index (χ3v) is 9.76. The number of hydrogen-bond acceptors (Lipinski definition) is 6. The van der Waals surface area contributed by atoms with E-state index in [0.717, 1.165) is 33.9 Å². The van der Waals surface area contributed by atoms with Gasteiger partial charge in [-0.05, 0) is 53.8 Å². The maximum atomic E-state index is 14.0. The number of anilines is 1. The molecule has 1 saturated carbocycles. The molecule has 2 fully saturated rings. The summed E-state index contributed by atoms with van der Waals surface area (Å²) >= 11 is 0. The number of ketones is 2. The van der Waals surface area contributed by atoms with Crippen LogP contribution in [0.15, 0.2) is 109 Å². The first kappa shape index (κ1) is 30.9. The monoisotopic (exact) mass is 626 g/mol. The van der Waals surface area contributed by atoms with Crippen molar-refractivity contribution < 1.29 is 14.3 Å². The highest BCUT2D eigenvalue weighted by Crippen LogP contribution is 2.44. The van der Waals surface area contributed by atoms with Crippen molar-refractivity contribution in [2.24, 2.45) is 5.41 Å². The first-order valence-corrected chi connectivity index (χ1v) is 16.6. The molecule has 5 aromatic rings. The van der Waals surface area contributed by atoms with Crippen molar-refractivity contribution in [1.82, 2.24) is 14.5 Å². The highest BCUT2D eigenvalue weighted by molar-refractivity contribution is 6.14. The summed E-state index contributed by atoms with van der Waals surface area (Å²) < 4.78 is 8.61.